The molecule has 0 fully saturated rings. The van der Waals surface area contributed by atoms with E-state index < -0.39 is 0 Å². The van der Waals surface area contributed by atoms with Crippen LogP contribution in [0.5, 0.6) is 5.88 Å². The van der Waals surface area contributed by atoms with Crippen molar-refractivity contribution in [2.75, 3.05) is 23.5 Å². The number of aromatic nitrogens is 3. The Hall–Kier alpha value is -3.33. The summed E-state index contributed by atoms with van der Waals surface area (Å²) in [5.74, 6) is 0.228. The van der Waals surface area contributed by atoms with E-state index in [2.05, 4.69) is 44.3 Å². The summed E-state index contributed by atoms with van der Waals surface area (Å²) in [6, 6.07) is 11.3. The van der Waals surface area contributed by atoms with Crippen LogP contribution in [0.4, 0.5) is 17.3 Å². The molecule has 1 amide bonds. The van der Waals surface area contributed by atoms with Gasteiger partial charge >= 0.3 is 0 Å². The van der Waals surface area contributed by atoms with Gasteiger partial charge in [0.15, 0.2) is 6.73 Å². The number of rotatable bonds is 3. The van der Waals surface area contributed by atoms with Gasteiger partial charge in [-0.15, -0.1) is 0 Å². The number of hydrogen-bond donors (Lipinski definition) is 2. The third-order valence-corrected chi connectivity index (χ3v) is 6.91. The number of amides is 1. The molecular formula is C24H20Cl2N6O2. The smallest absolute Gasteiger partial charge is 0.268 e. The lowest BCUT2D eigenvalue weighted by molar-refractivity contribution is 0.0932. The van der Waals surface area contributed by atoms with Crippen molar-refractivity contribution in [1.82, 2.24) is 19.9 Å². The summed E-state index contributed by atoms with van der Waals surface area (Å²) in [6.07, 6.45) is 2.48. The average molecular weight is 495 g/mol. The summed E-state index contributed by atoms with van der Waals surface area (Å²) in [4.78, 5) is 23.2. The van der Waals surface area contributed by atoms with Crippen LogP contribution >= 0.6 is 23.2 Å². The van der Waals surface area contributed by atoms with Crippen molar-refractivity contribution in [2.24, 2.45) is 7.05 Å². The third kappa shape index (κ3) is 3.37. The molecule has 8 nitrogen and oxygen atoms in total. The number of nitrogens with one attached hydrogen (secondary N) is 2. The molecule has 0 atom stereocenters. The zero-order valence-corrected chi connectivity index (χ0v) is 19.7. The number of para-hydroxylation sites is 1. The molecule has 0 saturated heterocycles. The average Bonchev–Trinajstić information content (AvgIpc) is 3.12. The molecule has 0 bridgehead atoms. The van der Waals surface area contributed by atoms with Crippen LogP contribution < -0.4 is 20.3 Å². The van der Waals surface area contributed by atoms with Gasteiger partial charge in [-0.05, 0) is 42.8 Å². The summed E-state index contributed by atoms with van der Waals surface area (Å²) in [5, 5.41) is 8.65. The SMILES string of the molecule is Cn1c2c(c3ccc(Nc4ncc5c(n4)OCN(c4c(Cl)cccc4Cl)C5=O)cc31)CCNC2. The predicted octanol–water partition coefficient (Wildman–Crippen LogP) is 4.66. The first-order valence-electron chi connectivity index (χ1n) is 10.8. The Morgan fingerprint density at radius 3 is 2.82 bits per heavy atom. The van der Waals surface area contributed by atoms with Gasteiger partial charge < -0.3 is 19.9 Å². The van der Waals surface area contributed by atoms with Gasteiger partial charge in [-0.25, -0.2) is 4.98 Å². The number of carbonyl (C=O) groups is 1. The second-order valence-electron chi connectivity index (χ2n) is 8.26. The molecule has 4 heterocycles. The van der Waals surface area contributed by atoms with Gasteiger partial charge in [0.25, 0.3) is 5.91 Å². The standard InChI is InChI=1S/C24H20Cl2N6O2/c1-31-19-9-13(5-6-14(19)15-7-8-27-11-20(15)31)29-24-28-10-16-22(30-24)34-12-32(23(16)33)21-17(25)3-2-4-18(21)26/h2-6,9-10,27H,7-8,11-12H2,1H3,(H,28,29,30). The Kier molecular flexibility index (Phi) is 5.09. The van der Waals surface area contributed by atoms with Crippen LogP contribution in [0.3, 0.4) is 0 Å². The predicted molar refractivity (Wildman–Crippen MR) is 132 cm³/mol. The van der Waals surface area contributed by atoms with Gasteiger partial charge in [-0.2, -0.15) is 4.98 Å². The first-order valence-corrected chi connectivity index (χ1v) is 11.6. The summed E-state index contributed by atoms with van der Waals surface area (Å²) < 4.78 is 8.01. The number of hydrogen-bond acceptors (Lipinski definition) is 6. The van der Waals surface area contributed by atoms with Crippen LogP contribution in [-0.4, -0.2) is 33.7 Å². The van der Waals surface area contributed by atoms with Crippen LogP contribution in [0.15, 0.2) is 42.6 Å². The normalized spacial score (nSPS) is 15.1. The Morgan fingerprint density at radius 1 is 1.18 bits per heavy atom. The molecular weight excluding hydrogens is 475 g/mol. The number of carbonyl (C=O) groups excluding carboxylic acids is 1. The molecule has 0 radical (unpaired) electrons. The largest absolute Gasteiger partial charge is 0.455 e. The van der Waals surface area contributed by atoms with E-state index >= 15 is 0 Å². The minimum absolute atomic E-state index is 0.0549. The van der Waals surface area contributed by atoms with Crippen molar-refractivity contribution in [3.63, 3.8) is 0 Å². The number of nitrogens with zero attached hydrogens (tertiary/aromatic N) is 4. The molecule has 2 N–H and O–H groups in total. The van der Waals surface area contributed by atoms with Gasteiger partial charge in [-0.1, -0.05) is 35.3 Å². The van der Waals surface area contributed by atoms with Crippen molar-refractivity contribution >= 4 is 57.3 Å². The van der Waals surface area contributed by atoms with Gasteiger partial charge in [0.05, 0.1) is 21.2 Å². The minimum atomic E-state index is -0.327. The maximum Gasteiger partial charge on any atom is 0.268 e. The van der Waals surface area contributed by atoms with Gasteiger partial charge in [0, 0.05) is 36.6 Å². The van der Waals surface area contributed by atoms with Crippen molar-refractivity contribution in [3.8, 4) is 5.88 Å². The summed E-state index contributed by atoms with van der Waals surface area (Å²) >= 11 is 12.6. The number of benzene rings is 2. The van der Waals surface area contributed by atoms with E-state index in [9.17, 15) is 4.79 Å². The first kappa shape index (κ1) is 21.2. The Balaban J connectivity index is 1.29. The van der Waals surface area contributed by atoms with Gasteiger partial charge in [-0.3, -0.25) is 9.69 Å². The summed E-state index contributed by atoms with van der Waals surface area (Å²) in [7, 11) is 2.09. The fourth-order valence-corrected chi connectivity index (χ4v) is 5.23. The van der Waals surface area contributed by atoms with Crippen LogP contribution in [0.25, 0.3) is 10.9 Å². The monoisotopic (exact) mass is 494 g/mol. The fraction of sp³-hybridized carbons (Fsp3) is 0.208. The molecule has 0 unspecified atom stereocenters. The highest BCUT2D eigenvalue weighted by Crippen LogP contribution is 2.37. The van der Waals surface area contributed by atoms with E-state index in [1.54, 1.807) is 18.2 Å². The van der Waals surface area contributed by atoms with E-state index in [1.807, 2.05) is 6.07 Å². The number of fused-ring (bicyclic) bond motifs is 4. The summed E-state index contributed by atoms with van der Waals surface area (Å²) in [5.41, 5.74) is 5.37. The van der Waals surface area contributed by atoms with Crippen LogP contribution in [0, 0.1) is 0 Å². The zero-order valence-electron chi connectivity index (χ0n) is 18.2. The highest BCUT2D eigenvalue weighted by Gasteiger charge is 2.31. The fourth-order valence-electron chi connectivity index (χ4n) is 4.62. The van der Waals surface area contributed by atoms with Gasteiger partial charge in [0.1, 0.15) is 5.56 Å². The van der Waals surface area contributed by atoms with Crippen molar-refractivity contribution in [1.29, 1.82) is 0 Å². The van der Waals surface area contributed by atoms with E-state index in [0.29, 0.717) is 21.7 Å². The topological polar surface area (TPSA) is 84.3 Å². The lowest BCUT2D eigenvalue weighted by Gasteiger charge is -2.29. The molecule has 2 aromatic heterocycles. The highest BCUT2D eigenvalue weighted by atomic mass is 35.5. The van der Waals surface area contributed by atoms with E-state index in [1.165, 1.54) is 27.7 Å². The quantitative estimate of drug-likeness (QED) is 0.430. The molecule has 0 saturated carbocycles. The van der Waals surface area contributed by atoms with Crippen molar-refractivity contribution < 1.29 is 9.53 Å². The second kappa shape index (κ2) is 8.16. The van der Waals surface area contributed by atoms with Crippen LogP contribution in [-0.2, 0) is 20.0 Å². The number of aryl methyl sites for hydroxylation is 1. The van der Waals surface area contributed by atoms with E-state index in [0.717, 1.165) is 30.7 Å². The second-order valence-corrected chi connectivity index (χ2v) is 9.07. The maximum absolute atomic E-state index is 13.1. The van der Waals surface area contributed by atoms with Crippen molar-refractivity contribution in [3.05, 3.63) is 69.5 Å². The zero-order chi connectivity index (χ0) is 23.4. The minimum Gasteiger partial charge on any atom is -0.455 e. The van der Waals surface area contributed by atoms with Crippen LogP contribution in [0.2, 0.25) is 10.0 Å². The number of halogens is 2. The molecule has 2 aliphatic rings. The summed E-state index contributed by atoms with van der Waals surface area (Å²) in [6.45, 7) is 1.81. The third-order valence-electron chi connectivity index (χ3n) is 6.30. The van der Waals surface area contributed by atoms with E-state index in [4.69, 9.17) is 27.9 Å². The number of anilines is 3. The lowest BCUT2D eigenvalue weighted by atomic mass is 10.0. The highest BCUT2D eigenvalue weighted by molar-refractivity contribution is 6.40. The Bertz CT molecular complexity index is 1450. The molecule has 6 rings (SSSR count). The molecule has 10 heteroatoms. The molecule has 34 heavy (non-hydrogen) atoms. The molecule has 0 spiro atoms. The molecule has 4 aromatic rings. The molecule has 172 valence electrons. The lowest BCUT2D eigenvalue weighted by Crippen LogP contribution is -2.39. The Morgan fingerprint density at radius 2 is 2.00 bits per heavy atom. The molecule has 2 aromatic carbocycles. The maximum atomic E-state index is 13.1. The Labute approximate surface area is 205 Å². The molecule has 0 aliphatic carbocycles. The van der Waals surface area contributed by atoms with E-state index in [-0.39, 0.29) is 24.1 Å². The van der Waals surface area contributed by atoms with Gasteiger partial charge in [0.2, 0.25) is 11.8 Å². The molecule has 2 aliphatic heterocycles. The van der Waals surface area contributed by atoms with Crippen molar-refractivity contribution in [2.45, 2.75) is 13.0 Å². The van der Waals surface area contributed by atoms with Crippen LogP contribution in [0.1, 0.15) is 21.6 Å². The first-order chi connectivity index (χ1) is 16.5. The number of ether oxygens (including phenoxy) is 1.